The number of nitrogens with zero attached hydrogens (tertiary/aromatic N) is 2. The topological polar surface area (TPSA) is 123 Å². The quantitative estimate of drug-likeness (QED) is 0.235. The van der Waals surface area contributed by atoms with E-state index >= 15 is 0 Å². The van der Waals surface area contributed by atoms with Crippen LogP contribution in [0.25, 0.3) is 6.08 Å². The summed E-state index contributed by atoms with van der Waals surface area (Å²) in [5.41, 5.74) is 2.87. The van der Waals surface area contributed by atoms with Crippen LogP contribution in [0.3, 0.4) is 0 Å². The molecule has 0 fully saturated rings. The van der Waals surface area contributed by atoms with Gasteiger partial charge < -0.3 is 10.1 Å². The lowest BCUT2D eigenvalue weighted by molar-refractivity contribution is -0.384. The summed E-state index contributed by atoms with van der Waals surface area (Å²) in [5, 5.41) is 19.3. The molecule has 0 spiro atoms. The van der Waals surface area contributed by atoms with Gasteiger partial charge in [-0.1, -0.05) is 24.3 Å². The fourth-order valence-electron chi connectivity index (χ4n) is 2.61. The number of thiophene rings is 1. The molecule has 0 saturated carbocycles. The predicted octanol–water partition coefficient (Wildman–Crippen LogP) is 3.59. The molecular weight excluding hydrogens is 432 g/mol. The average molecular weight is 450 g/mol. The second-order valence-electron chi connectivity index (χ2n) is 6.28. The van der Waals surface area contributed by atoms with Gasteiger partial charge in [0, 0.05) is 28.1 Å². The molecule has 0 bridgehead atoms. The minimum absolute atomic E-state index is 0.00976. The van der Waals surface area contributed by atoms with Crippen LogP contribution in [0.1, 0.15) is 20.8 Å². The maximum atomic E-state index is 12.7. The molecule has 3 aromatic rings. The Hall–Kier alpha value is -4.31. The zero-order valence-electron chi connectivity index (χ0n) is 16.8. The van der Waals surface area contributed by atoms with E-state index in [1.807, 2.05) is 11.4 Å². The van der Waals surface area contributed by atoms with Crippen molar-refractivity contribution in [1.82, 2.24) is 10.7 Å². The number of benzene rings is 2. The Kier molecular flexibility index (Phi) is 7.44. The molecule has 0 radical (unpaired) electrons. The lowest BCUT2D eigenvalue weighted by Crippen LogP contribution is -2.32. The summed E-state index contributed by atoms with van der Waals surface area (Å²) in [7, 11) is 1.41. The minimum Gasteiger partial charge on any atom is -0.496 e. The van der Waals surface area contributed by atoms with E-state index in [9.17, 15) is 19.7 Å². The molecule has 2 aromatic carbocycles. The third-order valence-electron chi connectivity index (χ3n) is 4.15. The van der Waals surface area contributed by atoms with Gasteiger partial charge in [-0.05, 0) is 35.7 Å². The van der Waals surface area contributed by atoms with Crippen LogP contribution in [0.4, 0.5) is 5.69 Å². The molecule has 162 valence electrons. The Balaban J connectivity index is 1.79. The minimum atomic E-state index is -0.664. The second-order valence-corrected chi connectivity index (χ2v) is 7.26. The number of hydrogen-bond acceptors (Lipinski definition) is 7. The van der Waals surface area contributed by atoms with Crippen molar-refractivity contribution in [3.63, 3.8) is 0 Å². The number of carbonyl (C=O) groups excluding carboxylic acids is 2. The fourth-order valence-corrected chi connectivity index (χ4v) is 3.27. The Labute approximate surface area is 187 Å². The standard InChI is InChI=1S/C22H18N4O5S/c1-31-20-10-9-17(26(29)30)12-16(20)14-23-25-22(28)19(13-18-8-5-11-32-18)24-21(27)15-6-3-2-4-7-15/h2-14H,1H3,(H,24,27)(H,25,28)/b19-13+,23-14+. The molecule has 0 aliphatic heterocycles. The summed E-state index contributed by atoms with van der Waals surface area (Å²) >= 11 is 1.40. The van der Waals surface area contributed by atoms with Crippen LogP contribution >= 0.6 is 11.3 Å². The molecule has 2 amide bonds. The van der Waals surface area contributed by atoms with E-state index in [-0.39, 0.29) is 11.4 Å². The SMILES string of the molecule is COc1ccc([N+](=O)[O-])cc1/C=N/NC(=O)/C(=C\c1cccs1)NC(=O)c1ccccc1. The van der Waals surface area contributed by atoms with Crippen molar-refractivity contribution >= 4 is 41.1 Å². The Morgan fingerprint density at radius 1 is 1.12 bits per heavy atom. The number of methoxy groups -OCH3 is 1. The van der Waals surface area contributed by atoms with E-state index in [1.165, 1.54) is 48.9 Å². The number of amides is 2. The van der Waals surface area contributed by atoms with Gasteiger partial charge in [0.2, 0.25) is 0 Å². The summed E-state index contributed by atoms with van der Waals surface area (Å²) in [6, 6.07) is 16.1. The molecule has 9 nitrogen and oxygen atoms in total. The predicted molar refractivity (Wildman–Crippen MR) is 122 cm³/mol. The molecule has 0 aliphatic rings. The third-order valence-corrected chi connectivity index (χ3v) is 4.97. The zero-order valence-corrected chi connectivity index (χ0v) is 17.7. The van der Waals surface area contributed by atoms with Crippen LogP contribution in [0.2, 0.25) is 0 Å². The van der Waals surface area contributed by atoms with E-state index in [0.717, 1.165) is 4.88 Å². The van der Waals surface area contributed by atoms with Gasteiger partial charge in [-0.2, -0.15) is 5.10 Å². The summed E-state index contributed by atoms with van der Waals surface area (Å²) < 4.78 is 5.16. The molecule has 32 heavy (non-hydrogen) atoms. The normalized spacial score (nSPS) is 11.2. The first-order valence-corrected chi connectivity index (χ1v) is 10.1. The fraction of sp³-hybridized carbons (Fsp3) is 0.0455. The molecule has 2 N–H and O–H groups in total. The summed E-state index contributed by atoms with van der Waals surface area (Å²) in [6.07, 6.45) is 2.76. The smallest absolute Gasteiger partial charge is 0.287 e. The number of nitrogens with one attached hydrogen (secondary N) is 2. The maximum absolute atomic E-state index is 12.7. The van der Waals surface area contributed by atoms with E-state index in [2.05, 4.69) is 15.8 Å². The largest absolute Gasteiger partial charge is 0.496 e. The van der Waals surface area contributed by atoms with Crippen molar-refractivity contribution in [3.05, 3.63) is 97.9 Å². The highest BCUT2D eigenvalue weighted by molar-refractivity contribution is 7.10. The van der Waals surface area contributed by atoms with Gasteiger partial charge in [0.1, 0.15) is 11.4 Å². The molecule has 0 saturated heterocycles. The van der Waals surface area contributed by atoms with Crippen molar-refractivity contribution in [2.75, 3.05) is 7.11 Å². The molecular formula is C22H18N4O5S. The highest BCUT2D eigenvalue weighted by Crippen LogP contribution is 2.22. The number of non-ortho nitro benzene ring substituents is 1. The van der Waals surface area contributed by atoms with E-state index in [0.29, 0.717) is 16.9 Å². The van der Waals surface area contributed by atoms with Crippen molar-refractivity contribution in [1.29, 1.82) is 0 Å². The highest BCUT2D eigenvalue weighted by atomic mass is 32.1. The molecule has 10 heteroatoms. The van der Waals surface area contributed by atoms with Crippen molar-refractivity contribution in [3.8, 4) is 5.75 Å². The summed E-state index contributed by atoms with van der Waals surface area (Å²) in [4.78, 5) is 36.4. The first kappa shape index (κ1) is 22.4. The number of hydrogen-bond donors (Lipinski definition) is 2. The Morgan fingerprint density at radius 3 is 2.56 bits per heavy atom. The number of carbonyl (C=O) groups is 2. The molecule has 0 atom stereocenters. The van der Waals surface area contributed by atoms with Gasteiger partial charge >= 0.3 is 0 Å². The Morgan fingerprint density at radius 2 is 1.91 bits per heavy atom. The Bertz CT molecular complexity index is 1170. The van der Waals surface area contributed by atoms with Gasteiger partial charge in [0.05, 0.1) is 18.2 Å². The number of hydrazone groups is 1. The lowest BCUT2D eigenvalue weighted by Gasteiger charge is -2.09. The highest BCUT2D eigenvalue weighted by Gasteiger charge is 2.15. The van der Waals surface area contributed by atoms with E-state index < -0.39 is 16.7 Å². The molecule has 3 rings (SSSR count). The number of rotatable bonds is 8. The average Bonchev–Trinajstić information content (AvgIpc) is 3.32. The van der Waals surface area contributed by atoms with E-state index in [4.69, 9.17) is 4.74 Å². The molecule has 0 unspecified atom stereocenters. The number of ether oxygens (including phenoxy) is 1. The summed E-state index contributed by atoms with van der Waals surface area (Å²) in [6.45, 7) is 0. The van der Waals surface area contributed by atoms with Crippen molar-refractivity contribution in [2.45, 2.75) is 0 Å². The van der Waals surface area contributed by atoms with Crippen LogP contribution < -0.4 is 15.5 Å². The van der Waals surface area contributed by atoms with Crippen LogP contribution in [0.5, 0.6) is 5.75 Å². The summed E-state index contributed by atoms with van der Waals surface area (Å²) in [5.74, 6) is -0.767. The lowest BCUT2D eigenvalue weighted by atomic mass is 10.2. The third kappa shape index (κ3) is 5.86. The van der Waals surface area contributed by atoms with Crippen molar-refractivity contribution in [2.24, 2.45) is 5.10 Å². The van der Waals surface area contributed by atoms with Gasteiger partial charge in [0.25, 0.3) is 17.5 Å². The van der Waals surface area contributed by atoms with Crippen LogP contribution in [-0.4, -0.2) is 30.1 Å². The number of nitro groups is 1. The van der Waals surface area contributed by atoms with Crippen molar-refractivity contribution < 1.29 is 19.2 Å². The zero-order chi connectivity index (χ0) is 22.9. The van der Waals surface area contributed by atoms with Gasteiger partial charge in [-0.3, -0.25) is 19.7 Å². The van der Waals surface area contributed by atoms with Crippen LogP contribution in [0, 0.1) is 10.1 Å². The van der Waals surface area contributed by atoms with Crippen LogP contribution in [-0.2, 0) is 4.79 Å². The van der Waals surface area contributed by atoms with Gasteiger partial charge in [-0.25, -0.2) is 5.43 Å². The molecule has 0 aliphatic carbocycles. The first-order chi connectivity index (χ1) is 15.5. The maximum Gasteiger partial charge on any atom is 0.287 e. The monoisotopic (exact) mass is 450 g/mol. The van der Waals surface area contributed by atoms with Gasteiger partial charge in [0.15, 0.2) is 0 Å². The second kappa shape index (κ2) is 10.6. The number of nitro benzene ring substituents is 1. The molecule has 1 aromatic heterocycles. The molecule has 1 heterocycles. The van der Waals surface area contributed by atoms with Crippen LogP contribution in [0.15, 0.2) is 76.8 Å². The van der Waals surface area contributed by atoms with Gasteiger partial charge in [-0.15, -0.1) is 11.3 Å². The van der Waals surface area contributed by atoms with E-state index in [1.54, 1.807) is 36.4 Å². The first-order valence-electron chi connectivity index (χ1n) is 9.25.